The van der Waals surface area contributed by atoms with Crippen LogP contribution in [0.15, 0.2) is 12.2 Å². The number of esters is 2. The van der Waals surface area contributed by atoms with Gasteiger partial charge in [0.25, 0.3) is 0 Å². The molecule has 0 fully saturated rings. The maximum atomic E-state index is 10.6. The Morgan fingerprint density at radius 2 is 1.38 bits per heavy atom. The molecule has 1 aliphatic carbocycles. The zero-order valence-electron chi connectivity index (χ0n) is 9.77. The van der Waals surface area contributed by atoms with Gasteiger partial charge in [-0.3, -0.25) is 9.59 Å². The van der Waals surface area contributed by atoms with Gasteiger partial charge in [-0.1, -0.05) is 12.2 Å². The number of hydrogen-bond donors (Lipinski definition) is 0. The molecule has 0 N–H and O–H groups in total. The molecule has 0 spiro atoms. The highest BCUT2D eigenvalue weighted by Gasteiger charge is 2.17. The molecule has 2 atom stereocenters. The lowest BCUT2D eigenvalue weighted by atomic mass is 9.89. The number of carbonyl (C=O) groups excluding carboxylic acids is 2. The maximum absolute atomic E-state index is 10.6. The Labute approximate surface area is 95.6 Å². The van der Waals surface area contributed by atoms with Crippen molar-refractivity contribution in [3.05, 3.63) is 12.2 Å². The molecule has 16 heavy (non-hydrogen) atoms. The number of carbonyl (C=O) groups is 2. The Bertz CT molecular complexity index is 255. The van der Waals surface area contributed by atoms with E-state index in [2.05, 4.69) is 0 Å². The average molecular weight is 226 g/mol. The molecule has 0 aromatic rings. The molecule has 0 aromatic heterocycles. The predicted molar refractivity (Wildman–Crippen MR) is 58.6 cm³/mol. The lowest BCUT2D eigenvalue weighted by Crippen LogP contribution is -2.18. The van der Waals surface area contributed by atoms with Crippen LogP contribution in [0.1, 0.15) is 26.7 Å². The van der Waals surface area contributed by atoms with E-state index >= 15 is 0 Å². The summed E-state index contributed by atoms with van der Waals surface area (Å²) in [5.41, 5.74) is 0. The summed E-state index contributed by atoms with van der Waals surface area (Å²) in [6.45, 7) is 3.73. The summed E-state index contributed by atoms with van der Waals surface area (Å²) in [4.78, 5) is 21.2. The molecule has 0 saturated heterocycles. The summed E-state index contributed by atoms with van der Waals surface area (Å²) in [5, 5.41) is 0. The Balaban J connectivity index is 2.25. The minimum Gasteiger partial charge on any atom is -0.465 e. The van der Waals surface area contributed by atoms with Crippen LogP contribution in [0.5, 0.6) is 0 Å². The van der Waals surface area contributed by atoms with Crippen molar-refractivity contribution in [2.45, 2.75) is 26.7 Å². The highest BCUT2D eigenvalue weighted by Crippen LogP contribution is 2.22. The van der Waals surface area contributed by atoms with Gasteiger partial charge in [-0.05, 0) is 12.8 Å². The molecule has 0 aliphatic heterocycles. The van der Waals surface area contributed by atoms with Gasteiger partial charge in [-0.25, -0.2) is 0 Å². The van der Waals surface area contributed by atoms with Crippen molar-refractivity contribution in [2.24, 2.45) is 11.8 Å². The summed E-state index contributed by atoms with van der Waals surface area (Å²) >= 11 is 0. The second-order valence-electron chi connectivity index (χ2n) is 4.09. The van der Waals surface area contributed by atoms with Crippen LogP contribution >= 0.6 is 0 Å². The first-order valence-electron chi connectivity index (χ1n) is 5.53. The van der Waals surface area contributed by atoms with Gasteiger partial charge in [0, 0.05) is 25.7 Å². The average Bonchev–Trinajstić information content (AvgIpc) is 2.25. The first-order chi connectivity index (χ1) is 7.58. The topological polar surface area (TPSA) is 52.6 Å². The van der Waals surface area contributed by atoms with Gasteiger partial charge in [-0.2, -0.15) is 0 Å². The Hall–Kier alpha value is -1.32. The molecule has 1 rings (SSSR count). The lowest BCUT2D eigenvalue weighted by Gasteiger charge is -2.22. The van der Waals surface area contributed by atoms with Crippen LogP contribution < -0.4 is 0 Å². The van der Waals surface area contributed by atoms with Crippen molar-refractivity contribution >= 4 is 11.9 Å². The van der Waals surface area contributed by atoms with Gasteiger partial charge < -0.3 is 9.47 Å². The molecular formula is C12H18O4. The van der Waals surface area contributed by atoms with Crippen LogP contribution in [0.3, 0.4) is 0 Å². The van der Waals surface area contributed by atoms with E-state index in [1.54, 1.807) is 0 Å². The maximum Gasteiger partial charge on any atom is 0.302 e. The second kappa shape index (κ2) is 6.30. The molecule has 4 nitrogen and oxygen atoms in total. The van der Waals surface area contributed by atoms with E-state index in [1.807, 2.05) is 12.2 Å². The summed E-state index contributed by atoms with van der Waals surface area (Å²) in [6.07, 6.45) is 6.02. The van der Waals surface area contributed by atoms with Gasteiger partial charge in [0.1, 0.15) is 0 Å². The summed E-state index contributed by atoms with van der Waals surface area (Å²) in [7, 11) is 0. The molecule has 90 valence electrons. The first-order valence-corrected chi connectivity index (χ1v) is 5.53. The molecule has 0 heterocycles. The molecule has 0 saturated carbocycles. The Morgan fingerprint density at radius 3 is 1.62 bits per heavy atom. The van der Waals surface area contributed by atoms with Crippen molar-refractivity contribution in [1.29, 1.82) is 0 Å². The van der Waals surface area contributed by atoms with Crippen LogP contribution in [0.4, 0.5) is 0 Å². The van der Waals surface area contributed by atoms with E-state index in [0.29, 0.717) is 25.0 Å². The minimum absolute atomic E-state index is 0.240. The zero-order chi connectivity index (χ0) is 12.0. The van der Waals surface area contributed by atoms with Crippen molar-refractivity contribution in [1.82, 2.24) is 0 Å². The highest BCUT2D eigenvalue weighted by atomic mass is 16.5. The smallest absolute Gasteiger partial charge is 0.302 e. The van der Waals surface area contributed by atoms with E-state index in [1.165, 1.54) is 13.8 Å². The lowest BCUT2D eigenvalue weighted by molar-refractivity contribution is -0.143. The normalized spacial score (nSPS) is 23.9. The number of ether oxygens (including phenoxy) is 2. The van der Waals surface area contributed by atoms with E-state index in [0.717, 1.165) is 12.8 Å². The van der Waals surface area contributed by atoms with Crippen LogP contribution in [0.25, 0.3) is 0 Å². The van der Waals surface area contributed by atoms with Crippen LogP contribution in [0, 0.1) is 11.8 Å². The van der Waals surface area contributed by atoms with Crippen LogP contribution in [-0.4, -0.2) is 25.2 Å². The largest absolute Gasteiger partial charge is 0.465 e. The third-order valence-corrected chi connectivity index (χ3v) is 2.57. The standard InChI is InChI=1S/C12H18O4/c1-9(13)15-7-11-3-5-12(6-4-11)8-16-10(2)14/h3,5,11-12H,4,6-8H2,1-2H3/t11-,12+. The molecule has 4 heteroatoms. The van der Waals surface area contributed by atoms with Gasteiger partial charge in [-0.15, -0.1) is 0 Å². The fraction of sp³-hybridized carbons (Fsp3) is 0.667. The van der Waals surface area contributed by atoms with E-state index in [-0.39, 0.29) is 11.9 Å². The fourth-order valence-electron chi connectivity index (χ4n) is 1.66. The Kier molecular flexibility index (Phi) is 5.02. The quantitative estimate of drug-likeness (QED) is 0.540. The molecule has 0 aromatic carbocycles. The van der Waals surface area contributed by atoms with Gasteiger partial charge >= 0.3 is 11.9 Å². The van der Waals surface area contributed by atoms with E-state index < -0.39 is 0 Å². The van der Waals surface area contributed by atoms with Crippen molar-refractivity contribution in [3.63, 3.8) is 0 Å². The first kappa shape index (κ1) is 12.7. The van der Waals surface area contributed by atoms with Gasteiger partial charge in [0.2, 0.25) is 0 Å². The van der Waals surface area contributed by atoms with Gasteiger partial charge in [0.15, 0.2) is 0 Å². The van der Waals surface area contributed by atoms with Crippen LogP contribution in [-0.2, 0) is 19.1 Å². The monoisotopic (exact) mass is 226 g/mol. The Morgan fingerprint density at radius 1 is 1.00 bits per heavy atom. The molecule has 0 bridgehead atoms. The van der Waals surface area contributed by atoms with Crippen molar-refractivity contribution < 1.29 is 19.1 Å². The van der Waals surface area contributed by atoms with Crippen LogP contribution in [0.2, 0.25) is 0 Å². The molecule has 0 amide bonds. The zero-order valence-corrected chi connectivity index (χ0v) is 9.77. The molecule has 1 aliphatic rings. The fourth-order valence-corrected chi connectivity index (χ4v) is 1.66. The van der Waals surface area contributed by atoms with E-state index in [9.17, 15) is 9.59 Å². The van der Waals surface area contributed by atoms with Gasteiger partial charge in [0.05, 0.1) is 13.2 Å². The molecular weight excluding hydrogens is 208 g/mol. The van der Waals surface area contributed by atoms with Crippen molar-refractivity contribution in [2.75, 3.05) is 13.2 Å². The predicted octanol–water partition coefficient (Wildman–Crippen LogP) is 1.70. The van der Waals surface area contributed by atoms with Crippen molar-refractivity contribution in [3.8, 4) is 0 Å². The minimum atomic E-state index is -0.240. The number of hydrogen-bond acceptors (Lipinski definition) is 4. The SMILES string of the molecule is CC(=O)OC[C@@H]1C=C[C@H](COC(C)=O)CC1. The summed E-state index contributed by atoms with van der Waals surface area (Å²) < 4.78 is 9.88. The summed E-state index contributed by atoms with van der Waals surface area (Å²) in [6, 6.07) is 0. The molecule has 0 unspecified atom stereocenters. The van der Waals surface area contributed by atoms with E-state index in [4.69, 9.17) is 9.47 Å². The third-order valence-electron chi connectivity index (χ3n) is 2.57. The molecule has 0 radical (unpaired) electrons. The number of rotatable bonds is 4. The second-order valence-corrected chi connectivity index (χ2v) is 4.09. The summed E-state index contributed by atoms with van der Waals surface area (Å²) in [5.74, 6) is 0.126. The third kappa shape index (κ3) is 4.96. The highest BCUT2D eigenvalue weighted by molar-refractivity contribution is 5.66.